The number of furan rings is 1. The minimum atomic E-state index is 0.558. The Morgan fingerprint density at radius 2 is 1.95 bits per heavy atom. The van der Waals surface area contributed by atoms with Gasteiger partial charge in [0.15, 0.2) is 6.29 Å². The fourth-order valence-electron chi connectivity index (χ4n) is 2.49. The molecule has 0 saturated heterocycles. The number of benzene rings is 1. The van der Waals surface area contributed by atoms with E-state index in [1.807, 2.05) is 51.1 Å². The van der Waals surface area contributed by atoms with Crippen molar-refractivity contribution in [2.45, 2.75) is 20.8 Å². The number of nitrogens with zero attached hydrogens (tertiary/aromatic N) is 2. The molecular formula is C17H16N2O2. The van der Waals surface area contributed by atoms with Crippen LogP contribution in [-0.4, -0.2) is 16.1 Å². The molecule has 0 aliphatic rings. The van der Waals surface area contributed by atoms with Gasteiger partial charge in [0, 0.05) is 11.8 Å². The highest BCUT2D eigenvalue weighted by atomic mass is 16.3. The van der Waals surface area contributed by atoms with Gasteiger partial charge in [-0.15, -0.1) is 0 Å². The fourth-order valence-corrected chi connectivity index (χ4v) is 2.49. The van der Waals surface area contributed by atoms with Crippen molar-refractivity contribution < 1.29 is 9.21 Å². The van der Waals surface area contributed by atoms with Crippen molar-refractivity contribution in [3.05, 3.63) is 59.2 Å². The topological polar surface area (TPSA) is 48.0 Å². The van der Waals surface area contributed by atoms with E-state index in [4.69, 9.17) is 4.42 Å². The van der Waals surface area contributed by atoms with Gasteiger partial charge in [0.25, 0.3) is 0 Å². The first-order valence-electron chi connectivity index (χ1n) is 6.78. The molecule has 4 nitrogen and oxygen atoms in total. The van der Waals surface area contributed by atoms with E-state index >= 15 is 0 Å². The molecule has 0 bridgehead atoms. The van der Waals surface area contributed by atoms with Gasteiger partial charge in [-0.1, -0.05) is 18.2 Å². The first kappa shape index (κ1) is 13.4. The summed E-state index contributed by atoms with van der Waals surface area (Å²) >= 11 is 0. The van der Waals surface area contributed by atoms with Crippen LogP contribution >= 0.6 is 0 Å². The number of carbonyl (C=O) groups is 1. The van der Waals surface area contributed by atoms with Crippen LogP contribution in [0.3, 0.4) is 0 Å². The highest BCUT2D eigenvalue weighted by Gasteiger charge is 2.17. The summed E-state index contributed by atoms with van der Waals surface area (Å²) in [5.41, 5.74) is 4.14. The Hall–Kier alpha value is -2.62. The molecule has 2 heterocycles. The zero-order valence-electron chi connectivity index (χ0n) is 12.3. The van der Waals surface area contributed by atoms with Crippen molar-refractivity contribution in [2.24, 2.45) is 0 Å². The highest BCUT2D eigenvalue weighted by Crippen LogP contribution is 2.28. The van der Waals surface area contributed by atoms with E-state index in [9.17, 15) is 4.79 Å². The van der Waals surface area contributed by atoms with Gasteiger partial charge in [-0.05, 0) is 38.5 Å². The van der Waals surface area contributed by atoms with E-state index in [0.29, 0.717) is 11.3 Å². The molecule has 0 N–H and O–H groups in total. The summed E-state index contributed by atoms with van der Waals surface area (Å²) in [7, 11) is 0. The Morgan fingerprint density at radius 3 is 2.57 bits per heavy atom. The van der Waals surface area contributed by atoms with Crippen LogP contribution in [0.15, 0.2) is 40.9 Å². The first-order chi connectivity index (χ1) is 10.1. The summed E-state index contributed by atoms with van der Waals surface area (Å²) in [4.78, 5) is 11.4. The summed E-state index contributed by atoms with van der Waals surface area (Å²) in [5.74, 6) is 1.58. The zero-order valence-corrected chi connectivity index (χ0v) is 12.3. The summed E-state index contributed by atoms with van der Waals surface area (Å²) in [6, 6.07) is 9.84. The molecule has 4 heteroatoms. The minimum Gasteiger partial charge on any atom is -0.466 e. The molecule has 0 unspecified atom stereocenters. The van der Waals surface area contributed by atoms with E-state index in [-0.39, 0.29) is 0 Å². The van der Waals surface area contributed by atoms with Crippen LogP contribution in [0.5, 0.6) is 0 Å². The number of aromatic nitrogens is 2. The maximum absolute atomic E-state index is 11.4. The van der Waals surface area contributed by atoms with Crippen LogP contribution in [-0.2, 0) is 0 Å². The molecule has 0 spiro atoms. The third kappa shape index (κ3) is 2.29. The Bertz CT molecular complexity index is 812. The molecule has 1 aromatic carbocycles. The first-order valence-corrected chi connectivity index (χ1v) is 6.78. The average Bonchev–Trinajstić information content (AvgIpc) is 3.02. The van der Waals surface area contributed by atoms with Crippen LogP contribution in [0.2, 0.25) is 0 Å². The van der Waals surface area contributed by atoms with Crippen LogP contribution in [0.25, 0.3) is 16.9 Å². The lowest BCUT2D eigenvalue weighted by atomic mass is 10.1. The van der Waals surface area contributed by atoms with E-state index in [1.54, 1.807) is 10.9 Å². The SMILES string of the molecule is Cc1cc(-c2nn(-c3ccccc3C)cc2C=O)c(C)o1. The average molecular weight is 280 g/mol. The van der Waals surface area contributed by atoms with E-state index in [1.165, 1.54) is 0 Å². The number of hydrogen-bond donors (Lipinski definition) is 0. The van der Waals surface area contributed by atoms with E-state index in [2.05, 4.69) is 5.10 Å². The molecule has 0 fully saturated rings. The zero-order chi connectivity index (χ0) is 15.0. The number of hydrogen-bond acceptors (Lipinski definition) is 3. The summed E-state index contributed by atoms with van der Waals surface area (Å²) in [5, 5.41) is 4.58. The van der Waals surface area contributed by atoms with E-state index in [0.717, 1.165) is 34.6 Å². The van der Waals surface area contributed by atoms with Gasteiger partial charge in [-0.3, -0.25) is 4.79 Å². The largest absolute Gasteiger partial charge is 0.466 e. The second-order valence-corrected chi connectivity index (χ2v) is 5.11. The number of carbonyl (C=O) groups excluding carboxylic acids is 1. The predicted molar refractivity (Wildman–Crippen MR) is 80.9 cm³/mol. The maximum atomic E-state index is 11.4. The Kier molecular flexibility index (Phi) is 3.22. The number of aryl methyl sites for hydroxylation is 3. The number of para-hydroxylation sites is 1. The molecule has 3 rings (SSSR count). The van der Waals surface area contributed by atoms with Crippen molar-refractivity contribution in [2.75, 3.05) is 0 Å². The minimum absolute atomic E-state index is 0.558. The summed E-state index contributed by atoms with van der Waals surface area (Å²) in [6.07, 6.45) is 2.59. The molecule has 0 atom stereocenters. The predicted octanol–water partition coefficient (Wildman–Crippen LogP) is 3.87. The van der Waals surface area contributed by atoms with Crippen LogP contribution < -0.4 is 0 Å². The third-order valence-corrected chi connectivity index (χ3v) is 3.53. The van der Waals surface area contributed by atoms with Gasteiger partial charge in [0.05, 0.1) is 11.3 Å². The van der Waals surface area contributed by atoms with Gasteiger partial charge in [-0.2, -0.15) is 5.10 Å². The third-order valence-electron chi connectivity index (χ3n) is 3.53. The van der Waals surface area contributed by atoms with Crippen LogP contribution in [0, 0.1) is 20.8 Å². The molecule has 0 radical (unpaired) electrons. The van der Waals surface area contributed by atoms with Crippen molar-refractivity contribution in [3.8, 4) is 16.9 Å². The molecule has 0 aliphatic carbocycles. The van der Waals surface area contributed by atoms with Crippen molar-refractivity contribution in [1.82, 2.24) is 9.78 Å². The van der Waals surface area contributed by atoms with Gasteiger partial charge >= 0.3 is 0 Å². The molecular weight excluding hydrogens is 264 g/mol. The molecule has 21 heavy (non-hydrogen) atoms. The Labute approximate surface area is 123 Å². The Balaban J connectivity index is 2.18. The second-order valence-electron chi connectivity index (χ2n) is 5.11. The molecule has 0 aliphatic heterocycles. The summed E-state index contributed by atoms with van der Waals surface area (Å²) in [6.45, 7) is 5.78. The lowest BCUT2D eigenvalue weighted by molar-refractivity contribution is 0.112. The van der Waals surface area contributed by atoms with Crippen molar-refractivity contribution >= 4 is 6.29 Å². The van der Waals surface area contributed by atoms with Crippen LogP contribution in [0.4, 0.5) is 0 Å². The molecule has 3 aromatic rings. The highest BCUT2D eigenvalue weighted by molar-refractivity contribution is 5.86. The summed E-state index contributed by atoms with van der Waals surface area (Å²) < 4.78 is 7.29. The Morgan fingerprint density at radius 1 is 1.19 bits per heavy atom. The molecule has 0 saturated carbocycles. The fraction of sp³-hybridized carbons (Fsp3) is 0.176. The van der Waals surface area contributed by atoms with Crippen molar-refractivity contribution in [1.29, 1.82) is 0 Å². The lowest BCUT2D eigenvalue weighted by Crippen LogP contribution is -1.97. The van der Waals surface area contributed by atoms with Crippen LogP contribution in [0.1, 0.15) is 27.4 Å². The molecule has 0 amide bonds. The van der Waals surface area contributed by atoms with E-state index < -0.39 is 0 Å². The number of aldehydes is 1. The normalized spacial score (nSPS) is 10.8. The lowest BCUT2D eigenvalue weighted by Gasteiger charge is -2.04. The standard InChI is InChI=1S/C17H16N2O2/c1-11-6-4-5-7-16(11)19-9-14(10-20)17(18-19)15-8-12(2)21-13(15)3/h4-10H,1-3H3. The number of rotatable bonds is 3. The van der Waals surface area contributed by atoms with Gasteiger partial charge in [-0.25, -0.2) is 4.68 Å². The smallest absolute Gasteiger partial charge is 0.153 e. The second kappa shape index (κ2) is 5.05. The van der Waals surface area contributed by atoms with Crippen molar-refractivity contribution in [3.63, 3.8) is 0 Å². The molecule has 2 aromatic heterocycles. The van der Waals surface area contributed by atoms with Gasteiger partial charge in [0.2, 0.25) is 0 Å². The van der Waals surface area contributed by atoms with Gasteiger partial charge < -0.3 is 4.42 Å². The maximum Gasteiger partial charge on any atom is 0.153 e. The monoisotopic (exact) mass is 280 g/mol. The quantitative estimate of drug-likeness (QED) is 0.684. The van der Waals surface area contributed by atoms with Gasteiger partial charge in [0.1, 0.15) is 17.2 Å². The molecule has 106 valence electrons.